The number of ether oxygens (including phenoxy) is 1. The molecule has 0 heterocycles. The van der Waals surface area contributed by atoms with Crippen LogP contribution >= 0.6 is 0 Å². The Labute approximate surface area is 96.6 Å². The van der Waals surface area contributed by atoms with Gasteiger partial charge in [-0.2, -0.15) is 0 Å². The van der Waals surface area contributed by atoms with E-state index in [2.05, 4.69) is 13.8 Å². The van der Waals surface area contributed by atoms with Crippen LogP contribution in [0.4, 0.5) is 0 Å². The molecule has 0 saturated heterocycles. The first-order valence-corrected chi connectivity index (χ1v) is 5.95. The van der Waals surface area contributed by atoms with Crippen LogP contribution in [-0.2, 0) is 0 Å². The van der Waals surface area contributed by atoms with Crippen molar-refractivity contribution in [3.8, 4) is 5.75 Å². The molecule has 0 aromatic heterocycles. The number of carbonyl (C=O) groups excluding carboxylic acids is 1. The summed E-state index contributed by atoms with van der Waals surface area (Å²) < 4.78 is 5.63. The molecule has 0 bridgehead atoms. The van der Waals surface area contributed by atoms with E-state index in [0.717, 1.165) is 24.2 Å². The van der Waals surface area contributed by atoms with Gasteiger partial charge in [-0.05, 0) is 43.0 Å². The molecule has 0 radical (unpaired) electrons. The predicted molar refractivity (Wildman–Crippen MR) is 63.9 cm³/mol. The van der Waals surface area contributed by atoms with Gasteiger partial charge in [0.1, 0.15) is 5.75 Å². The number of hydrogen-bond donors (Lipinski definition) is 0. The highest BCUT2D eigenvalue weighted by Crippen LogP contribution is 2.26. The van der Waals surface area contributed by atoms with Crippen molar-refractivity contribution in [3.05, 3.63) is 29.8 Å². The third-order valence-electron chi connectivity index (χ3n) is 2.60. The Kier molecular flexibility index (Phi) is 3.28. The van der Waals surface area contributed by atoms with Crippen LogP contribution in [0, 0.1) is 5.92 Å². The molecule has 1 aromatic carbocycles. The molecule has 0 atom stereocenters. The van der Waals surface area contributed by atoms with E-state index in [1.165, 1.54) is 0 Å². The summed E-state index contributed by atoms with van der Waals surface area (Å²) in [6.07, 6.45) is 3.35. The summed E-state index contributed by atoms with van der Waals surface area (Å²) >= 11 is 0. The minimum atomic E-state index is 0.216. The molecule has 1 fully saturated rings. The lowest BCUT2D eigenvalue weighted by molar-refractivity contribution is 0.0968. The van der Waals surface area contributed by atoms with Gasteiger partial charge in [0.15, 0.2) is 5.78 Å². The highest BCUT2D eigenvalue weighted by molar-refractivity contribution is 5.96. The van der Waals surface area contributed by atoms with Gasteiger partial charge >= 0.3 is 0 Å². The van der Waals surface area contributed by atoms with Gasteiger partial charge in [0.2, 0.25) is 0 Å². The van der Waals surface area contributed by atoms with E-state index in [-0.39, 0.29) is 5.78 Å². The lowest BCUT2D eigenvalue weighted by atomic mass is 10.0. The van der Waals surface area contributed by atoms with Crippen molar-refractivity contribution in [1.29, 1.82) is 0 Å². The molecule has 16 heavy (non-hydrogen) atoms. The number of carbonyl (C=O) groups is 1. The van der Waals surface area contributed by atoms with Crippen molar-refractivity contribution in [2.24, 2.45) is 5.92 Å². The zero-order valence-electron chi connectivity index (χ0n) is 9.90. The first kappa shape index (κ1) is 11.2. The van der Waals surface area contributed by atoms with Gasteiger partial charge < -0.3 is 4.74 Å². The molecule has 0 N–H and O–H groups in total. The molecule has 0 spiro atoms. The summed E-state index contributed by atoms with van der Waals surface area (Å²) in [4.78, 5) is 11.8. The molecular weight excluding hydrogens is 200 g/mol. The van der Waals surface area contributed by atoms with Crippen LogP contribution in [-0.4, -0.2) is 11.9 Å². The Morgan fingerprint density at radius 3 is 2.44 bits per heavy atom. The maximum atomic E-state index is 11.8. The number of Topliss-reactive ketones (excluding diaryl/α,β-unsaturated/α-hetero) is 1. The lowest BCUT2D eigenvalue weighted by Crippen LogP contribution is -2.03. The Balaban J connectivity index is 1.97. The maximum absolute atomic E-state index is 11.8. The lowest BCUT2D eigenvalue weighted by Gasteiger charge is -2.06. The van der Waals surface area contributed by atoms with Crippen LogP contribution in [0.25, 0.3) is 0 Å². The summed E-state index contributed by atoms with van der Waals surface area (Å²) in [6, 6.07) is 7.52. The van der Waals surface area contributed by atoms with Crippen LogP contribution in [0.1, 0.15) is 43.5 Å². The van der Waals surface area contributed by atoms with Gasteiger partial charge in [0.25, 0.3) is 0 Å². The first-order valence-electron chi connectivity index (χ1n) is 5.95. The molecule has 2 rings (SSSR count). The van der Waals surface area contributed by atoms with E-state index in [9.17, 15) is 4.79 Å². The minimum Gasteiger partial charge on any atom is -0.490 e. The third kappa shape index (κ3) is 3.09. The Morgan fingerprint density at radius 1 is 1.31 bits per heavy atom. The highest BCUT2D eigenvalue weighted by Gasteiger charge is 2.23. The van der Waals surface area contributed by atoms with Gasteiger partial charge in [0.05, 0.1) is 6.10 Å². The standard InChI is InChI=1S/C14H18O2/c1-10(2)9-14(15)11-3-5-12(6-4-11)16-13-7-8-13/h3-6,10,13H,7-9H2,1-2H3. The Hall–Kier alpha value is -1.31. The van der Waals surface area contributed by atoms with Crippen LogP contribution in [0.3, 0.4) is 0 Å². The molecule has 2 nitrogen and oxygen atoms in total. The van der Waals surface area contributed by atoms with Crippen LogP contribution in [0.5, 0.6) is 5.75 Å². The first-order chi connectivity index (χ1) is 7.65. The minimum absolute atomic E-state index is 0.216. The number of rotatable bonds is 5. The van der Waals surface area contributed by atoms with Crippen LogP contribution < -0.4 is 4.74 Å². The second-order valence-electron chi connectivity index (χ2n) is 4.86. The van der Waals surface area contributed by atoms with Crippen molar-refractivity contribution in [3.63, 3.8) is 0 Å². The zero-order valence-corrected chi connectivity index (χ0v) is 9.90. The van der Waals surface area contributed by atoms with Crippen molar-refractivity contribution in [2.75, 3.05) is 0 Å². The van der Waals surface area contributed by atoms with Gasteiger partial charge in [-0.15, -0.1) is 0 Å². The topological polar surface area (TPSA) is 26.3 Å². The molecule has 0 amide bonds. The molecule has 0 aliphatic heterocycles. The largest absolute Gasteiger partial charge is 0.490 e. The SMILES string of the molecule is CC(C)CC(=O)c1ccc(OC2CC2)cc1. The molecular formula is C14H18O2. The summed E-state index contributed by atoms with van der Waals surface area (Å²) in [5, 5.41) is 0. The summed E-state index contributed by atoms with van der Waals surface area (Å²) in [7, 11) is 0. The fourth-order valence-electron chi connectivity index (χ4n) is 1.59. The number of ketones is 1. The van der Waals surface area contributed by atoms with E-state index in [1.807, 2.05) is 24.3 Å². The summed E-state index contributed by atoms with van der Waals surface area (Å²) in [6.45, 7) is 4.12. The number of hydrogen-bond acceptors (Lipinski definition) is 2. The number of benzene rings is 1. The van der Waals surface area contributed by atoms with E-state index >= 15 is 0 Å². The van der Waals surface area contributed by atoms with E-state index in [0.29, 0.717) is 18.4 Å². The van der Waals surface area contributed by atoms with Crippen molar-refractivity contribution < 1.29 is 9.53 Å². The third-order valence-corrected chi connectivity index (χ3v) is 2.60. The molecule has 86 valence electrons. The fraction of sp³-hybridized carbons (Fsp3) is 0.500. The Bertz CT molecular complexity index is 361. The van der Waals surface area contributed by atoms with Gasteiger partial charge in [-0.1, -0.05) is 13.8 Å². The van der Waals surface area contributed by atoms with Gasteiger partial charge in [-0.25, -0.2) is 0 Å². The smallest absolute Gasteiger partial charge is 0.163 e. The van der Waals surface area contributed by atoms with Crippen molar-refractivity contribution in [2.45, 2.75) is 39.2 Å². The van der Waals surface area contributed by atoms with Crippen LogP contribution in [0.2, 0.25) is 0 Å². The monoisotopic (exact) mass is 218 g/mol. The van der Waals surface area contributed by atoms with E-state index in [4.69, 9.17) is 4.74 Å². The van der Waals surface area contributed by atoms with Crippen molar-refractivity contribution in [1.82, 2.24) is 0 Å². The zero-order chi connectivity index (χ0) is 11.5. The average molecular weight is 218 g/mol. The van der Waals surface area contributed by atoms with Gasteiger partial charge in [-0.3, -0.25) is 4.79 Å². The van der Waals surface area contributed by atoms with Crippen LogP contribution in [0.15, 0.2) is 24.3 Å². The summed E-state index contributed by atoms with van der Waals surface area (Å²) in [5.74, 6) is 1.51. The second kappa shape index (κ2) is 4.69. The molecule has 2 heteroatoms. The maximum Gasteiger partial charge on any atom is 0.163 e. The van der Waals surface area contributed by atoms with E-state index < -0.39 is 0 Å². The van der Waals surface area contributed by atoms with Crippen molar-refractivity contribution >= 4 is 5.78 Å². The van der Waals surface area contributed by atoms with E-state index in [1.54, 1.807) is 0 Å². The Morgan fingerprint density at radius 2 is 1.94 bits per heavy atom. The molecule has 0 unspecified atom stereocenters. The molecule has 1 saturated carbocycles. The molecule has 1 aliphatic carbocycles. The predicted octanol–water partition coefficient (Wildman–Crippen LogP) is 3.46. The second-order valence-corrected chi connectivity index (χ2v) is 4.86. The summed E-state index contributed by atoms with van der Waals surface area (Å²) in [5.41, 5.74) is 0.789. The highest BCUT2D eigenvalue weighted by atomic mass is 16.5. The molecule has 1 aromatic rings. The molecule has 1 aliphatic rings. The normalized spacial score (nSPS) is 15.2. The quantitative estimate of drug-likeness (QED) is 0.707. The average Bonchev–Trinajstić information content (AvgIpc) is 3.01. The van der Waals surface area contributed by atoms with Gasteiger partial charge in [0, 0.05) is 12.0 Å². The fourth-order valence-corrected chi connectivity index (χ4v) is 1.59.